The Morgan fingerprint density at radius 3 is 2.36 bits per heavy atom. The molecule has 0 aliphatic heterocycles. The predicted molar refractivity (Wildman–Crippen MR) is 59.9 cm³/mol. The summed E-state index contributed by atoms with van der Waals surface area (Å²) in [6.07, 6.45) is 0. The third kappa shape index (κ3) is 5.70. The fraction of sp³-hybridized carbons (Fsp3) is 0.455. The van der Waals surface area contributed by atoms with E-state index in [1.165, 1.54) is 12.6 Å². The van der Waals surface area contributed by atoms with Crippen LogP contribution < -0.4 is 11.1 Å². The summed E-state index contributed by atoms with van der Waals surface area (Å²) in [5, 5.41) is 11.9. The minimum absolute atomic E-state index is 0.171. The first-order valence-electron chi connectivity index (χ1n) is 4.79. The fourth-order valence-electron chi connectivity index (χ4n) is 0.952. The Balaban J connectivity index is 0.000000791. The van der Waals surface area contributed by atoms with Crippen molar-refractivity contribution in [2.45, 2.75) is 19.5 Å². The molecule has 80 valence electrons. The van der Waals surface area contributed by atoms with E-state index in [-0.39, 0.29) is 12.6 Å². The van der Waals surface area contributed by atoms with Crippen molar-refractivity contribution in [1.29, 1.82) is 0 Å². The van der Waals surface area contributed by atoms with Gasteiger partial charge in [0.2, 0.25) is 0 Å². The van der Waals surface area contributed by atoms with Crippen LogP contribution in [0.4, 0.5) is 0 Å². The monoisotopic (exact) mass is 196 g/mol. The Morgan fingerprint density at radius 2 is 1.86 bits per heavy atom. The molecular weight excluding hydrogens is 176 g/mol. The van der Waals surface area contributed by atoms with Crippen LogP contribution in [0.1, 0.15) is 12.5 Å². The van der Waals surface area contributed by atoms with Crippen LogP contribution in [0.5, 0.6) is 0 Å². The van der Waals surface area contributed by atoms with Crippen LogP contribution >= 0.6 is 0 Å². The Bertz CT molecular complexity index is 214. The molecule has 0 amide bonds. The molecule has 4 N–H and O–H groups in total. The van der Waals surface area contributed by atoms with Crippen molar-refractivity contribution in [3.05, 3.63) is 35.9 Å². The van der Waals surface area contributed by atoms with Gasteiger partial charge in [-0.05, 0) is 19.5 Å². The Kier molecular flexibility index (Phi) is 8.13. The lowest BCUT2D eigenvalue weighted by Crippen LogP contribution is -2.28. The first kappa shape index (κ1) is 13.1. The lowest BCUT2D eigenvalue weighted by molar-refractivity contribution is 0.251. The second kappa shape index (κ2) is 8.69. The SMILES string of the molecule is CC(CO)NCc1ccccc1.CN. The van der Waals surface area contributed by atoms with Crippen molar-refractivity contribution in [3.63, 3.8) is 0 Å². The average molecular weight is 196 g/mol. The van der Waals surface area contributed by atoms with Gasteiger partial charge in [-0.25, -0.2) is 0 Å². The van der Waals surface area contributed by atoms with Crippen LogP contribution in [-0.2, 0) is 6.54 Å². The van der Waals surface area contributed by atoms with E-state index in [2.05, 4.69) is 23.2 Å². The molecule has 1 atom stereocenters. The van der Waals surface area contributed by atoms with E-state index in [4.69, 9.17) is 5.11 Å². The van der Waals surface area contributed by atoms with Gasteiger partial charge in [0.15, 0.2) is 0 Å². The van der Waals surface area contributed by atoms with Crippen molar-refractivity contribution in [3.8, 4) is 0 Å². The van der Waals surface area contributed by atoms with Crippen LogP contribution in [0.15, 0.2) is 30.3 Å². The Labute approximate surface area is 85.9 Å². The molecule has 0 aliphatic rings. The zero-order chi connectivity index (χ0) is 10.8. The Hall–Kier alpha value is -0.900. The summed E-state index contributed by atoms with van der Waals surface area (Å²) >= 11 is 0. The zero-order valence-corrected chi connectivity index (χ0v) is 8.90. The van der Waals surface area contributed by atoms with Crippen molar-refractivity contribution in [2.24, 2.45) is 5.73 Å². The van der Waals surface area contributed by atoms with Crippen LogP contribution in [0.3, 0.4) is 0 Å². The molecule has 1 unspecified atom stereocenters. The molecule has 3 heteroatoms. The predicted octanol–water partition coefficient (Wildman–Crippen LogP) is 0.732. The minimum atomic E-state index is 0.171. The van der Waals surface area contributed by atoms with Crippen molar-refractivity contribution in [1.82, 2.24) is 5.32 Å². The molecular formula is C11H20N2O. The van der Waals surface area contributed by atoms with E-state index in [1.54, 1.807) is 0 Å². The highest BCUT2D eigenvalue weighted by molar-refractivity contribution is 5.14. The van der Waals surface area contributed by atoms with E-state index in [0.29, 0.717) is 0 Å². The highest BCUT2D eigenvalue weighted by Gasteiger charge is 1.97. The third-order valence-electron chi connectivity index (χ3n) is 1.77. The largest absolute Gasteiger partial charge is 0.395 e. The first-order valence-corrected chi connectivity index (χ1v) is 4.79. The summed E-state index contributed by atoms with van der Waals surface area (Å²) in [5.41, 5.74) is 5.75. The molecule has 0 fully saturated rings. The molecule has 14 heavy (non-hydrogen) atoms. The number of hydrogen-bond acceptors (Lipinski definition) is 3. The van der Waals surface area contributed by atoms with Crippen LogP contribution in [0.2, 0.25) is 0 Å². The van der Waals surface area contributed by atoms with Gasteiger partial charge in [0.25, 0.3) is 0 Å². The van der Waals surface area contributed by atoms with Gasteiger partial charge in [0.1, 0.15) is 0 Å². The molecule has 1 aromatic rings. The van der Waals surface area contributed by atoms with Gasteiger partial charge in [-0.15, -0.1) is 0 Å². The van der Waals surface area contributed by atoms with Crippen molar-refractivity contribution < 1.29 is 5.11 Å². The number of rotatable bonds is 4. The molecule has 0 bridgehead atoms. The maximum atomic E-state index is 8.75. The topological polar surface area (TPSA) is 58.3 Å². The van der Waals surface area contributed by atoms with Crippen LogP contribution in [0.25, 0.3) is 0 Å². The second-order valence-corrected chi connectivity index (χ2v) is 2.95. The smallest absolute Gasteiger partial charge is 0.0582 e. The lowest BCUT2D eigenvalue weighted by Gasteiger charge is -2.09. The molecule has 0 saturated carbocycles. The van der Waals surface area contributed by atoms with E-state index >= 15 is 0 Å². The van der Waals surface area contributed by atoms with E-state index < -0.39 is 0 Å². The van der Waals surface area contributed by atoms with Gasteiger partial charge in [-0.3, -0.25) is 0 Å². The number of nitrogens with one attached hydrogen (secondary N) is 1. The highest BCUT2D eigenvalue weighted by Crippen LogP contribution is 1.97. The zero-order valence-electron chi connectivity index (χ0n) is 8.90. The summed E-state index contributed by atoms with van der Waals surface area (Å²) in [5.74, 6) is 0. The maximum absolute atomic E-state index is 8.75. The van der Waals surface area contributed by atoms with Gasteiger partial charge in [-0.2, -0.15) is 0 Å². The number of aliphatic hydroxyl groups excluding tert-OH is 1. The fourth-order valence-corrected chi connectivity index (χ4v) is 0.952. The molecule has 1 aromatic carbocycles. The summed E-state index contributed by atoms with van der Waals surface area (Å²) in [4.78, 5) is 0. The van der Waals surface area contributed by atoms with E-state index in [9.17, 15) is 0 Å². The van der Waals surface area contributed by atoms with Gasteiger partial charge >= 0.3 is 0 Å². The molecule has 0 aliphatic carbocycles. The second-order valence-electron chi connectivity index (χ2n) is 2.95. The Morgan fingerprint density at radius 1 is 1.29 bits per heavy atom. The number of nitrogens with two attached hydrogens (primary N) is 1. The molecule has 1 rings (SSSR count). The van der Waals surface area contributed by atoms with Gasteiger partial charge in [0, 0.05) is 12.6 Å². The molecule has 3 nitrogen and oxygen atoms in total. The summed E-state index contributed by atoms with van der Waals surface area (Å²) in [6, 6.07) is 10.3. The average Bonchev–Trinajstić information content (AvgIpc) is 2.30. The molecule has 0 radical (unpaired) electrons. The standard InChI is InChI=1S/C10H15NO.CH5N/c1-9(8-12)11-7-10-5-3-2-4-6-10;1-2/h2-6,9,11-12H,7-8H2,1H3;2H2,1H3. The third-order valence-corrected chi connectivity index (χ3v) is 1.77. The molecule has 0 heterocycles. The number of benzene rings is 1. The summed E-state index contributed by atoms with van der Waals surface area (Å²) < 4.78 is 0. The summed E-state index contributed by atoms with van der Waals surface area (Å²) in [6.45, 7) is 2.97. The first-order chi connectivity index (χ1) is 6.83. The van der Waals surface area contributed by atoms with Gasteiger partial charge < -0.3 is 16.2 Å². The minimum Gasteiger partial charge on any atom is -0.395 e. The van der Waals surface area contributed by atoms with Crippen molar-refractivity contribution in [2.75, 3.05) is 13.7 Å². The summed E-state index contributed by atoms with van der Waals surface area (Å²) in [7, 11) is 1.50. The number of aliphatic hydroxyl groups is 1. The van der Waals surface area contributed by atoms with E-state index in [0.717, 1.165) is 6.54 Å². The molecule has 0 spiro atoms. The van der Waals surface area contributed by atoms with Crippen LogP contribution in [-0.4, -0.2) is 24.8 Å². The van der Waals surface area contributed by atoms with E-state index in [1.807, 2.05) is 25.1 Å². The molecule has 0 aromatic heterocycles. The number of hydrogen-bond donors (Lipinski definition) is 3. The maximum Gasteiger partial charge on any atom is 0.0582 e. The molecule has 0 saturated heterocycles. The quantitative estimate of drug-likeness (QED) is 0.665. The highest BCUT2D eigenvalue weighted by atomic mass is 16.3. The van der Waals surface area contributed by atoms with Crippen molar-refractivity contribution >= 4 is 0 Å². The normalized spacial score (nSPS) is 11.4. The van der Waals surface area contributed by atoms with Crippen LogP contribution in [0, 0.1) is 0 Å². The lowest BCUT2D eigenvalue weighted by atomic mass is 10.2. The van der Waals surface area contributed by atoms with Gasteiger partial charge in [-0.1, -0.05) is 30.3 Å². The van der Waals surface area contributed by atoms with Gasteiger partial charge in [0.05, 0.1) is 6.61 Å².